The maximum absolute atomic E-state index is 11.8. The number of amides is 1. The Morgan fingerprint density at radius 2 is 2.15 bits per heavy atom. The number of hydrogen-bond donors (Lipinski definition) is 3. The molecule has 1 amide bonds. The predicted molar refractivity (Wildman–Crippen MR) is 88.3 cm³/mol. The lowest BCUT2D eigenvalue weighted by Crippen LogP contribution is -2.35. The monoisotopic (exact) mass is 384 g/mol. The van der Waals surface area contributed by atoms with Crippen LogP contribution in [0.2, 0.25) is 0 Å². The average Bonchev–Trinajstić information content (AvgIpc) is 2.88. The Morgan fingerprint density at radius 3 is 2.80 bits per heavy atom. The number of anilines is 1. The number of rotatable bonds is 5. The number of nitrogens with zero attached hydrogens (tertiary/aromatic N) is 1. The molecule has 2 rings (SSSR count). The van der Waals surface area contributed by atoms with Crippen molar-refractivity contribution < 1.29 is 4.79 Å². The smallest absolute Gasteiger partial charge is 0.242 e. The Bertz CT molecular complexity index is 579. The third-order valence-corrected chi connectivity index (χ3v) is 3.64. The van der Waals surface area contributed by atoms with Crippen LogP contribution in [0.3, 0.4) is 0 Å². The molecule has 0 aliphatic heterocycles. The van der Waals surface area contributed by atoms with Gasteiger partial charge in [0.2, 0.25) is 5.91 Å². The van der Waals surface area contributed by atoms with Gasteiger partial charge in [-0.1, -0.05) is 25.5 Å². The molecule has 0 radical (unpaired) electrons. The second-order valence-electron chi connectivity index (χ2n) is 4.56. The lowest BCUT2D eigenvalue weighted by molar-refractivity contribution is -0.117. The van der Waals surface area contributed by atoms with Crippen LogP contribution in [0.25, 0.3) is 11.3 Å². The van der Waals surface area contributed by atoms with Gasteiger partial charge in [-0.3, -0.25) is 9.89 Å². The second kappa shape index (κ2) is 6.85. The highest BCUT2D eigenvalue weighted by Crippen LogP contribution is 2.20. The number of hydrogen-bond acceptors (Lipinski definition) is 3. The first-order valence-electron chi connectivity index (χ1n) is 6.48. The van der Waals surface area contributed by atoms with Gasteiger partial charge in [-0.05, 0) is 46.7 Å². The third kappa shape index (κ3) is 3.80. The first-order valence-corrected chi connectivity index (χ1v) is 7.56. The molecule has 1 aromatic heterocycles. The third-order valence-electron chi connectivity index (χ3n) is 2.92. The first-order chi connectivity index (χ1) is 9.60. The van der Waals surface area contributed by atoms with Gasteiger partial charge in [0.1, 0.15) is 0 Å². The Balaban J connectivity index is 2.05. The van der Waals surface area contributed by atoms with Crippen LogP contribution in [-0.2, 0) is 4.79 Å². The molecule has 6 heteroatoms. The quantitative estimate of drug-likeness (QED) is 0.694. The van der Waals surface area contributed by atoms with Gasteiger partial charge < -0.3 is 11.1 Å². The predicted octanol–water partition coefficient (Wildman–Crippen LogP) is 2.75. The van der Waals surface area contributed by atoms with Crippen LogP contribution in [0.1, 0.15) is 19.8 Å². The molecule has 1 unspecified atom stereocenters. The van der Waals surface area contributed by atoms with Crippen molar-refractivity contribution in [3.05, 3.63) is 33.9 Å². The molecule has 0 spiro atoms. The molecule has 0 saturated carbocycles. The van der Waals surface area contributed by atoms with Crippen LogP contribution in [0.4, 0.5) is 5.82 Å². The number of nitrogens with two attached hydrogens (primary N) is 1. The van der Waals surface area contributed by atoms with E-state index >= 15 is 0 Å². The normalized spacial score (nSPS) is 12.2. The van der Waals surface area contributed by atoms with Crippen LogP contribution < -0.4 is 11.1 Å². The maximum Gasteiger partial charge on any atom is 0.242 e. The van der Waals surface area contributed by atoms with Crippen LogP contribution in [0.15, 0.2) is 30.3 Å². The van der Waals surface area contributed by atoms with Crippen LogP contribution >= 0.6 is 22.6 Å². The fourth-order valence-corrected chi connectivity index (χ4v) is 2.18. The summed E-state index contributed by atoms with van der Waals surface area (Å²) in [6.45, 7) is 2.00. The summed E-state index contributed by atoms with van der Waals surface area (Å²) in [5, 5.41) is 9.71. The largest absolute Gasteiger partial charge is 0.320 e. The summed E-state index contributed by atoms with van der Waals surface area (Å²) in [4.78, 5) is 11.8. The molecule has 0 aliphatic carbocycles. The van der Waals surface area contributed by atoms with Crippen molar-refractivity contribution in [3.63, 3.8) is 0 Å². The van der Waals surface area contributed by atoms with Gasteiger partial charge in [0, 0.05) is 9.64 Å². The number of H-pyrrole nitrogens is 1. The molecule has 5 nitrogen and oxygen atoms in total. The van der Waals surface area contributed by atoms with Crippen molar-refractivity contribution in [1.29, 1.82) is 0 Å². The van der Waals surface area contributed by atoms with E-state index in [2.05, 4.69) is 38.1 Å². The highest BCUT2D eigenvalue weighted by atomic mass is 127. The van der Waals surface area contributed by atoms with Crippen LogP contribution in [0.5, 0.6) is 0 Å². The Kier molecular flexibility index (Phi) is 5.13. The molecule has 0 saturated heterocycles. The van der Waals surface area contributed by atoms with E-state index in [1.807, 2.05) is 31.2 Å². The first kappa shape index (κ1) is 15.0. The number of halogens is 1. The fraction of sp³-hybridized carbons (Fsp3) is 0.286. The number of nitrogens with one attached hydrogen (secondary N) is 2. The highest BCUT2D eigenvalue weighted by Gasteiger charge is 2.14. The van der Waals surface area contributed by atoms with E-state index in [-0.39, 0.29) is 5.91 Å². The summed E-state index contributed by atoms with van der Waals surface area (Å²) >= 11 is 2.26. The summed E-state index contributed by atoms with van der Waals surface area (Å²) in [5.74, 6) is 0.294. The van der Waals surface area contributed by atoms with E-state index in [4.69, 9.17) is 5.73 Å². The number of benzene rings is 1. The molecule has 2 aromatic rings. The molecule has 0 aliphatic rings. The van der Waals surface area contributed by atoms with Crippen molar-refractivity contribution in [2.45, 2.75) is 25.8 Å². The standard InChI is InChI=1S/C14H17IN4O/c1-2-3-11(16)14(20)17-13-8-12(18-19-13)9-4-6-10(15)7-5-9/h4-8,11H,2-3,16H2,1H3,(H2,17,18,19,20). The maximum atomic E-state index is 11.8. The van der Waals surface area contributed by atoms with E-state index in [9.17, 15) is 4.79 Å². The number of carbonyl (C=O) groups is 1. The van der Waals surface area contributed by atoms with Gasteiger partial charge in [-0.2, -0.15) is 5.10 Å². The molecule has 1 heterocycles. The molecule has 106 valence electrons. The van der Waals surface area contributed by atoms with Crippen molar-refractivity contribution >= 4 is 34.3 Å². The second-order valence-corrected chi connectivity index (χ2v) is 5.80. The van der Waals surface area contributed by atoms with Gasteiger partial charge in [-0.25, -0.2) is 0 Å². The fourth-order valence-electron chi connectivity index (χ4n) is 1.82. The van der Waals surface area contributed by atoms with E-state index in [1.54, 1.807) is 6.07 Å². The Hall–Kier alpha value is -1.41. The van der Waals surface area contributed by atoms with Crippen molar-refractivity contribution in [3.8, 4) is 11.3 Å². The number of aromatic nitrogens is 2. The van der Waals surface area contributed by atoms with E-state index in [0.29, 0.717) is 12.2 Å². The van der Waals surface area contributed by atoms with Crippen LogP contribution in [-0.4, -0.2) is 22.1 Å². The zero-order chi connectivity index (χ0) is 14.5. The lowest BCUT2D eigenvalue weighted by Gasteiger charge is -2.08. The van der Waals surface area contributed by atoms with Crippen molar-refractivity contribution in [2.75, 3.05) is 5.32 Å². The molecule has 0 fully saturated rings. The highest BCUT2D eigenvalue weighted by molar-refractivity contribution is 14.1. The zero-order valence-electron chi connectivity index (χ0n) is 11.2. The zero-order valence-corrected chi connectivity index (χ0v) is 13.3. The number of carbonyl (C=O) groups excluding carboxylic acids is 1. The molecule has 4 N–H and O–H groups in total. The summed E-state index contributed by atoms with van der Waals surface area (Å²) in [6.07, 6.45) is 1.54. The lowest BCUT2D eigenvalue weighted by atomic mass is 10.1. The van der Waals surface area contributed by atoms with Crippen molar-refractivity contribution in [1.82, 2.24) is 10.2 Å². The number of aromatic amines is 1. The van der Waals surface area contributed by atoms with Crippen LogP contribution in [0, 0.1) is 3.57 Å². The minimum Gasteiger partial charge on any atom is -0.320 e. The molecule has 20 heavy (non-hydrogen) atoms. The van der Waals surface area contributed by atoms with E-state index in [0.717, 1.165) is 17.7 Å². The van der Waals surface area contributed by atoms with Gasteiger partial charge >= 0.3 is 0 Å². The van der Waals surface area contributed by atoms with Gasteiger partial charge in [0.15, 0.2) is 5.82 Å². The Morgan fingerprint density at radius 1 is 1.45 bits per heavy atom. The molecule has 1 atom stereocenters. The summed E-state index contributed by atoms with van der Waals surface area (Å²) in [7, 11) is 0. The molecule has 1 aromatic carbocycles. The SMILES string of the molecule is CCCC(N)C(=O)Nc1cc(-c2ccc(I)cc2)[nH]n1. The minimum absolute atomic E-state index is 0.201. The van der Waals surface area contributed by atoms with Gasteiger partial charge in [-0.15, -0.1) is 0 Å². The van der Waals surface area contributed by atoms with Crippen molar-refractivity contribution in [2.24, 2.45) is 5.73 Å². The molecular formula is C14H17IN4O. The van der Waals surface area contributed by atoms with Gasteiger partial charge in [0.05, 0.1) is 11.7 Å². The van der Waals surface area contributed by atoms with E-state index < -0.39 is 6.04 Å². The van der Waals surface area contributed by atoms with E-state index in [1.165, 1.54) is 3.57 Å². The van der Waals surface area contributed by atoms with Gasteiger partial charge in [0.25, 0.3) is 0 Å². The Labute approximate surface area is 131 Å². The minimum atomic E-state index is -0.488. The summed E-state index contributed by atoms with van der Waals surface area (Å²) < 4.78 is 1.17. The summed E-state index contributed by atoms with van der Waals surface area (Å²) in [5.41, 5.74) is 7.65. The molecule has 0 bridgehead atoms. The summed E-state index contributed by atoms with van der Waals surface area (Å²) in [6, 6.07) is 9.36. The topological polar surface area (TPSA) is 83.8 Å². The average molecular weight is 384 g/mol. The molecular weight excluding hydrogens is 367 g/mol.